The van der Waals surface area contributed by atoms with E-state index < -0.39 is 6.10 Å². The molecular weight excluding hydrogens is 446 g/mol. The Kier molecular flexibility index (Phi) is 9.16. The van der Waals surface area contributed by atoms with Crippen LogP contribution in [0.5, 0.6) is 5.75 Å². The Labute approximate surface area is 206 Å². The van der Waals surface area contributed by atoms with E-state index >= 15 is 0 Å². The number of benzene rings is 1. The third kappa shape index (κ3) is 6.48. The number of fused-ring (bicyclic) bond motifs is 1. The first-order valence-electron chi connectivity index (χ1n) is 12.1. The molecule has 1 fully saturated rings. The molecule has 3 heterocycles. The van der Waals surface area contributed by atoms with E-state index in [2.05, 4.69) is 27.0 Å². The fraction of sp³-hybridized carbons (Fsp3) is 0.481. The van der Waals surface area contributed by atoms with E-state index in [4.69, 9.17) is 4.74 Å². The van der Waals surface area contributed by atoms with Gasteiger partial charge in [0.1, 0.15) is 5.75 Å². The van der Waals surface area contributed by atoms with E-state index in [0.717, 1.165) is 66.9 Å². The normalized spacial score (nSPS) is 19.9. The summed E-state index contributed by atoms with van der Waals surface area (Å²) in [6.45, 7) is 3.27. The van der Waals surface area contributed by atoms with Crippen molar-refractivity contribution in [1.82, 2.24) is 14.9 Å². The Morgan fingerprint density at radius 3 is 2.79 bits per heavy atom. The zero-order valence-corrected chi connectivity index (χ0v) is 20.7. The summed E-state index contributed by atoms with van der Waals surface area (Å²) >= 11 is 1.87. The molecular formula is C27H35N3O3S. The predicted molar refractivity (Wildman–Crippen MR) is 137 cm³/mol. The molecule has 0 saturated carbocycles. The van der Waals surface area contributed by atoms with Gasteiger partial charge in [-0.15, -0.1) is 11.8 Å². The van der Waals surface area contributed by atoms with Gasteiger partial charge < -0.3 is 19.8 Å². The van der Waals surface area contributed by atoms with E-state index in [-0.39, 0.29) is 12.5 Å². The van der Waals surface area contributed by atoms with E-state index in [9.17, 15) is 10.2 Å². The van der Waals surface area contributed by atoms with Crippen molar-refractivity contribution >= 4 is 22.7 Å². The van der Waals surface area contributed by atoms with Gasteiger partial charge in [0.05, 0.1) is 18.7 Å². The molecule has 0 bridgehead atoms. The van der Waals surface area contributed by atoms with Crippen LogP contribution in [0.2, 0.25) is 0 Å². The fourth-order valence-corrected chi connectivity index (χ4v) is 5.77. The first-order valence-corrected chi connectivity index (χ1v) is 13.1. The van der Waals surface area contributed by atoms with Gasteiger partial charge in [-0.05, 0) is 98.3 Å². The molecule has 1 aliphatic heterocycles. The van der Waals surface area contributed by atoms with Gasteiger partial charge >= 0.3 is 0 Å². The third-order valence-electron chi connectivity index (χ3n) is 6.90. The SMILES string of the molecule is COc1ccc2nccc(C(O)CC[C@@H]3CCN(CCCSc4ccncc4)C[C@@H]3CO)c2c1. The van der Waals surface area contributed by atoms with Crippen LogP contribution in [0.4, 0.5) is 0 Å². The molecule has 34 heavy (non-hydrogen) atoms. The minimum absolute atomic E-state index is 0.207. The standard InChI is InChI=1S/C27H35N3O3S/c1-33-22-4-5-26-25(17-22)24(9-13-29-26)27(32)6-3-20-10-15-30(18-21(20)19-31)14-2-16-34-23-7-11-28-12-8-23/h4-5,7-9,11-13,17,20-21,27,31-32H,2-3,6,10,14-16,18-19H2,1H3/t20-,21-,27?/m1/s1. The molecule has 1 aromatic carbocycles. The minimum atomic E-state index is -0.555. The highest BCUT2D eigenvalue weighted by molar-refractivity contribution is 7.99. The largest absolute Gasteiger partial charge is 0.497 e. The number of pyridine rings is 2. The maximum absolute atomic E-state index is 11.0. The average Bonchev–Trinajstić information content (AvgIpc) is 2.89. The molecule has 0 amide bonds. The highest BCUT2D eigenvalue weighted by Gasteiger charge is 2.29. The zero-order valence-electron chi connectivity index (χ0n) is 19.8. The fourth-order valence-electron chi connectivity index (χ4n) is 4.95. The Hall–Kier alpha value is -2.19. The number of rotatable bonds is 11. The molecule has 2 aromatic heterocycles. The van der Waals surface area contributed by atoms with Crippen LogP contribution in [0.3, 0.4) is 0 Å². The highest BCUT2D eigenvalue weighted by Crippen LogP contribution is 2.33. The van der Waals surface area contributed by atoms with E-state index in [0.29, 0.717) is 12.3 Å². The number of aliphatic hydroxyl groups excluding tert-OH is 2. The van der Waals surface area contributed by atoms with Gasteiger partial charge in [-0.3, -0.25) is 9.97 Å². The van der Waals surface area contributed by atoms with Crippen LogP contribution < -0.4 is 4.74 Å². The van der Waals surface area contributed by atoms with Crippen molar-refractivity contribution in [3.05, 3.63) is 60.6 Å². The quantitative estimate of drug-likeness (QED) is 0.307. The van der Waals surface area contributed by atoms with Gasteiger partial charge in [0.2, 0.25) is 0 Å². The molecule has 3 aromatic rings. The number of likely N-dealkylation sites (tertiary alicyclic amines) is 1. The molecule has 0 aliphatic carbocycles. The summed E-state index contributed by atoms with van der Waals surface area (Å²) in [5, 5.41) is 22.0. The molecule has 7 heteroatoms. The molecule has 6 nitrogen and oxygen atoms in total. The lowest BCUT2D eigenvalue weighted by Gasteiger charge is -2.38. The van der Waals surface area contributed by atoms with Gasteiger partial charge in [-0.25, -0.2) is 0 Å². The van der Waals surface area contributed by atoms with Gasteiger partial charge in [0, 0.05) is 42.0 Å². The molecule has 1 saturated heterocycles. The van der Waals surface area contributed by atoms with Crippen LogP contribution in [0, 0.1) is 11.8 Å². The summed E-state index contributed by atoms with van der Waals surface area (Å²) in [6, 6.07) is 11.8. The van der Waals surface area contributed by atoms with Crippen molar-refractivity contribution in [1.29, 1.82) is 0 Å². The van der Waals surface area contributed by atoms with Crippen molar-refractivity contribution in [3.8, 4) is 5.75 Å². The average molecular weight is 482 g/mol. The van der Waals surface area contributed by atoms with Crippen LogP contribution in [-0.2, 0) is 0 Å². The second kappa shape index (κ2) is 12.5. The van der Waals surface area contributed by atoms with E-state index in [1.54, 1.807) is 13.3 Å². The molecule has 0 radical (unpaired) electrons. The maximum Gasteiger partial charge on any atom is 0.119 e. The van der Waals surface area contributed by atoms with Gasteiger partial charge in [0.25, 0.3) is 0 Å². The van der Waals surface area contributed by atoms with Crippen LogP contribution in [0.15, 0.2) is 59.9 Å². The number of ether oxygens (including phenoxy) is 1. The van der Waals surface area contributed by atoms with Crippen molar-refractivity contribution in [3.63, 3.8) is 0 Å². The Morgan fingerprint density at radius 2 is 2.00 bits per heavy atom. The monoisotopic (exact) mass is 481 g/mol. The lowest BCUT2D eigenvalue weighted by Crippen LogP contribution is -2.42. The van der Waals surface area contributed by atoms with Gasteiger partial charge in [-0.2, -0.15) is 0 Å². The number of aliphatic hydroxyl groups is 2. The predicted octanol–water partition coefficient (Wildman–Crippen LogP) is 4.56. The molecule has 4 rings (SSSR count). The lowest BCUT2D eigenvalue weighted by molar-refractivity contribution is 0.0581. The zero-order chi connectivity index (χ0) is 23.8. The summed E-state index contributed by atoms with van der Waals surface area (Å²) < 4.78 is 5.36. The van der Waals surface area contributed by atoms with E-state index in [1.807, 2.05) is 48.4 Å². The van der Waals surface area contributed by atoms with Gasteiger partial charge in [-0.1, -0.05) is 0 Å². The lowest BCUT2D eigenvalue weighted by atomic mass is 9.81. The summed E-state index contributed by atoms with van der Waals surface area (Å²) in [4.78, 5) is 12.2. The number of methoxy groups -OCH3 is 1. The van der Waals surface area contributed by atoms with Crippen LogP contribution in [-0.4, -0.2) is 64.2 Å². The second-order valence-electron chi connectivity index (χ2n) is 9.05. The van der Waals surface area contributed by atoms with Crippen molar-refractivity contribution in [2.24, 2.45) is 11.8 Å². The summed E-state index contributed by atoms with van der Waals surface area (Å²) in [7, 11) is 1.65. The maximum atomic E-state index is 11.0. The smallest absolute Gasteiger partial charge is 0.119 e. The number of piperidine rings is 1. The molecule has 1 unspecified atom stereocenters. The van der Waals surface area contributed by atoms with Crippen molar-refractivity contribution < 1.29 is 14.9 Å². The molecule has 0 spiro atoms. The van der Waals surface area contributed by atoms with E-state index in [1.165, 1.54) is 4.90 Å². The summed E-state index contributed by atoms with van der Waals surface area (Å²) in [5.41, 5.74) is 1.76. The number of thioether (sulfide) groups is 1. The first kappa shape index (κ1) is 24.9. The Bertz CT molecular complexity index is 1040. The number of hydrogen-bond donors (Lipinski definition) is 2. The molecule has 2 N–H and O–H groups in total. The second-order valence-corrected chi connectivity index (χ2v) is 10.2. The minimum Gasteiger partial charge on any atom is -0.497 e. The van der Waals surface area contributed by atoms with Crippen LogP contribution >= 0.6 is 11.8 Å². The third-order valence-corrected chi connectivity index (χ3v) is 8.00. The number of aromatic nitrogens is 2. The van der Waals surface area contributed by atoms with Crippen LogP contribution in [0.1, 0.15) is 37.4 Å². The summed E-state index contributed by atoms with van der Waals surface area (Å²) in [6.07, 6.45) is 8.67. The number of nitrogens with zero attached hydrogens (tertiary/aromatic N) is 3. The Morgan fingerprint density at radius 1 is 1.15 bits per heavy atom. The van der Waals surface area contributed by atoms with Gasteiger partial charge in [0.15, 0.2) is 0 Å². The molecule has 3 atom stereocenters. The molecule has 182 valence electrons. The van der Waals surface area contributed by atoms with Crippen molar-refractivity contribution in [2.45, 2.75) is 36.7 Å². The topological polar surface area (TPSA) is 78.7 Å². The summed E-state index contributed by atoms with van der Waals surface area (Å²) in [5.74, 6) is 2.55. The van der Waals surface area contributed by atoms with Crippen molar-refractivity contribution in [2.75, 3.05) is 39.1 Å². The Balaban J connectivity index is 1.26. The molecule has 1 aliphatic rings. The number of hydrogen-bond acceptors (Lipinski definition) is 7. The van der Waals surface area contributed by atoms with Crippen LogP contribution in [0.25, 0.3) is 10.9 Å². The highest BCUT2D eigenvalue weighted by atomic mass is 32.2. The first-order chi connectivity index (χ1) is 16.7.